The molecule has 4 rings (SSSR count). The fourth-order valence-corrected chi connectivity index (χ4v) is 4.26. The van der Waals surface area contributed by atoms with E-state index >= 15 is 0 Å². The van der Waals surface area contributed by atoms with Gasteiger partial charge in [0.15, 0.2) is 0 Å². The van der Waals surface area contributed by atoms with E-state index < -0.39 is 12.1 Å². The molecule has 3 amide bonds. The average Bonchev–Trinajstić information content (AvgIpc) is 2.78. The lowest BCUT2D eigenvalue weighted by molar-refractivity contribution is -0.167. The smallest absolute Gasteiger partial charge is 0.338 e. The van der Waals surface area contributed by atoms with Gasteiger partial charge < -0.3 is 15.1 Å². The van der Waals surface area contributed by atoms with Crippen molar-refractivity contribution in [3.8, 4) is 0 Å². The minimum Gasteiger partial charge on any atom is -0.338 e. The molecule has 0 spiro atoms. The number of carbonyl (C=O) groups is 3. The van der Waals surface area contributed by atoms with Crippen LogP contribution in [0.5, 0.6) is 0 Å². The largest absolute Gasteiger partial charge is 0.471 e. The summed E-state index contributed by atoms with van der Waals surface area (Å²) in [7, 11) is 0. The fourth-order valence-electron chi connectivity index (χ4n) is 4.26. The highest BCUT2D eigenvalue weighted by molar-refractivity contribution is 5.98. The number of piperidine rings is 1. The van der Waals surface area contributed by atoms with Gasteiger partial charge in [0.25, 0.3) is 5.91 Å². The zero-order valence-corrected chi connectivity index (χ0v) is 17.2. The number of fused-ring (bicyclic) bond motifs is 1. The molecule has 2 aromatic carbocycles. The molecule has 32 heavy (non-hydrogen) atoms. The molecule has 2 heterocycles. The predicted molar refractivity (Wildman–Crippen MR) is 112 cm³/mol. The number of nitrogens with one attached hydrogen (secondary N) is 1. The molecule has 1 saturated heterocycles. The van der Waals surface area contributed by atoms with E-state index in [1.807, 2.05) is 29.2 Å². The van der Waals surface area contributed by atoms with Gasteiger partial charge in [-0.15, -0.1) is 0 Å². The van der Waals surface area contributed by atoms with Crippen LogP contribution in [0.15, 0.2) is 48.5 Å². The van der Waals surface area contributed by atoms with E-state index in [9.17, 15) is 27.6 Å². The molecule has 0 aromatic heterocycles. The van der Waals surface area contributed by atoms with Crippen molar-refractivity contribution < 1.29 is 27.6 Å². The van der Waals surface area contributed by atoms with Crippen molar-refractivity contribution in [2.24, 2.45) is 0 Å². The van der Waals surface area contributed by atoms with Crippen LogP contribution in [-0.4, -0.2) is 47.9 Å². The Morgan fingerprint density at radius 2 is 1.59 bits per heavy atom. The Morgan fingerprint density at radius 1 is 0.938 bits per heavy atom. The Balaban J connectivity index is 1.38. The quantitative estimate of drug-likeness (QED) is 0.782. The number of hydrogen-bond donors (Lipinski definition) is 1. The maximum atomic E-state index is 12.8. The zero-order chi connectivity index (χ0) is 22.9. The molecule has 0 aliphatic carbocycles. The number of halogens is 3. The molecular formula is C23H22F3N3O3. The van der Waals surface area contributed by atoms with E-state index in [2.05, 4.69) is 0 Å². The van der Waals surface area contributed by atoms with Gasteiger partial charge in [0.1, 0.15) is 0 Å². The normalized spacial score (nSPS) is 17.2. The van der Waals surface area contributed by atoms with E-state index in [0.717, 1.165) is 17.7 Å². The van der Waals surface area contributed by atoms with Gasteiger partial charge >= 0.3 is 12.1 Å². The van der Waals surface area contributed by atoms with Crippen LogP contribution in [0.1, 0.15) is 35.2 Å². The Labute approximate surface area is 183 Å². The molecule has 6 nitrogen and oxygen atoms in total. The number of anilines is 2. The van der Waals surface area contributed by atoms with Crippen molar-refractivity contribution in [1.29, 1.82) is 0 Å². The van der Waals surface area contributed by atoms with E-state index in [1.165, 1.54) is 24.3 Å². The van der Waals surface area contributed by atoms with Crippen molar-refractivity contribution in [2.45, 2.75) is 37.9 Å². The lowest BCUT2D eigenvalue weighted by Crippen LogP contribution is -2.50. The third-order valence-corrected chi connectivity index (χ3v) is 5.89. The number of para-hydroxylation sites is 1. The maximum absolute atomic E-state index is 12.8. The summed E-state index contributed by atoms with van der Waals surface area (Å²) in [6.45, 7) is 0.948. The highest BCUT2D eigenvalue weighted by Crippen LogP contribution is 2.32. The summed E-state index contributed by atoms with van der Waals surface area (Å²) in [5.41, 5.74) is 2.39. The van der Waals surface area contributed by atoms with Crippen molar-refractivity contribution >= 4 is 29.1 Å². The Kier molecular flexibility index (Phi) is 5.90. The lowest BCUT2D eigenvalue weighted by atomic mass is 9.95. The monoisotopic (exact) mass is 445 g/mol. The average molecular weight is 445 g/mol. The van der Waals surface area contributed by atoms with Gasteiger partial charge in [-0.1, -0.05) is 18.2 Å². The zero-order valence-electron chi connectivity index (χ0n) is 17.2. The first-order valence-corrected chi connectivity index (χ1v) is 10.4. The number of hydrogen-bond acceptors (Lipinski definition) is 3. The lowest BCUT2D eigenvalue weighted by Gasteiger charge is -2.41. The Bertz CT molecular complexity index is 1030. The first kappa shape index (κ1) is 21.9. The molecule has 2 aliphatic heterocycles. The summed E-state index contributed by atoms with van der Waals surface area (Å²) in [4.78, 5) is 40.0. The van der Waals surface area contributed by atoms with Crippen molar-refractivity contribution in [3.63, 3.8) is 0 Å². The van der Waals surface area contributed by atoms with Crippen LogP contribution in [0.3, 0.4) is 0 Å². The van der Waals surface area contributed by atoms with E-state index in [-0.39, 0.29) is 23.5 Å². The SMILES string of the molecule is O=C(c1ccc(NC(=O)C(F)(F)F)cc1)N1CCC(N2C(=O)CCc3ccccc32)CC1. The summed E-state index contributed by atoms with van der Waals surface area (Å²) in [6.07, 6.45) is -2.47. The third-order valence-electron chi connectivity index (χ3n) is 5.89. The van der Waals surface area contributed by atoms with Crippen LogP contribution in [0.4, 0.5) is 24.5 Å². The Morgan fingerprint density at radius 3 is 2.25 bits per heavy atom. The van der Waals surface area contributed by atoms with Gasteiger partial charge in [-0.3, -0.25) is 14.4 Å². The van der Waals surface area contributed by atoms with Crippen LogP contribution in [0, 0.1) is 0 Å². The maximum Gasteiger partial charge on any atom is 0.471 e. The van der Waals surface area contributed by atoms with Crippen molar-refractivity contribution in [1.82, 2.24) is 4.90 Å². The predicted octanol–water partition coefficient (Wildman–Crippen LogP) is 3.77. The van der Waals surface area contributed by atoms with Gasteiger partial charge in [0, 0.05) is 42.5 Å². The van der Waals surface area contributed by atoms with E-state index in [4.69, 9.17) is 0 Å². The van der Waals surface area contributed by atoms with Crippen molar-refractivity contribution in [2.75, 3.05) is 23.3 Å². The molecule has 0 radical (unpaired) electrons. The first-order chi connectivity index (χ1) is 15.2. The number of amides is 3. The van der Waals surface area contributed by atoms with E-state index in [1.54, 1.807) is 10.2 Å². The second-order valence-corrected chi connectivity index (χ2v) is 7.95. The standard InChI is InChI=1S/C23H22F3N3O3/c24-23(25,26)22(32)27-17-8-5-16(6-9-17)21(31)28-13-11-18(12-14-28)29-19-4-2-1-3-15(19)7-10-20(29)30/h1-6,8-9,18H,7,10-14H2,(H,27,32). The number of likely N-dealkylation sites (tertiary alicyclic amines) is 1. The van der Waals surface area contributed by atoms with E-state index in [0.29, 0.717) is 37.9 Å². The van der Waals surface area contributed by atoms with Crippen molar-refractivity contribution in [3.05, 3.63) is 59.7 Å². The minimum atomic E-state index is -4.98. The molecule has 9 heteroatoms. The van der Waals surface area contributed by atoms with Gasteiger partial charge in [0.05, 0.1) is 0 Å². The van der Waals surface area contributed by atoms with Crippen LogP contribution < -0.4 is 10.2 Å². The molecule has 1 N–H and O–H groups in total. The summed E-state index contributed by atoms with van der Waals surface area (Å²) < 4.78 is 37.1. The molecule has 0 saturated carbocycles. The van der Waals surface area contributed by atoms with Crippen LogP contribution in [0.2, 0.25) is 0 Å². The number of carbonyl (C=O) groups excluding carboxylic acids is 3. The second kappa shape index (κ2) is 8.64. The summed E-state index contributed by atoms with van der Waals surface area (Å²) in [5.74, 6) is -2.19. The van der Waals surface area contributed by atoms with Gasteiger partial charge in [-0.05, 0) is 55.2 Å². The number of aryl methyl sites for hydroxylation is 1. The number of rotatable bonds is 3. The van der Waals surface area contributed by atoms with Crippen LogP contribution >= 0.6 is 0 Å². The molecule has 0 atom stereocenters. The summed E-state index contributed by atoms with van der Waals surface area (Å²) >= 11 is 0. The second-order valence-electron chi connectivity index (χ2n) is 7.95. The number of benzene rings is 2. The van der Waals surface area contributed by atoms with Crippen LogP contribution in [-0.2, 0) is 16.0 Å². The number of nitrogens with zero attached hydrogens (tertiary/aromatic N) is 2. The number of alkyl halides is 3. The van der Waals surface area contributed by atoms with Gasteiger partial charge in [-0.2, -0.15) is 13.2 Å². The molecular weight excluding hydrogens is 423 g/mol. The summed E-state index contributed by atoms with van der Waals surface area (Å²) in [6, 6.07) is 13.2. The topological polar surface area (TPSA) is 69.7 Å². The molecule has 1 fully saturated rings. The van der Waals surface area contributed by atoms with Gasteiger partial charge in [-0.25, -0.2) is 0 Å². The molecule has 2 aromatic rings. The highest BCUT2D eigenvalue weighted by Gasteiger charge is 2.38. The molecule has 2 aliphatic rings. The fraction of sp³-hybridized carbons (Fsp3) is 0.348. The molecule has 0 bridgehead atoms. The Hall–Kier alpha value is -3.36. The van der Waals surface area contributed by atoms with Gasteiger partial charge in [0.2, 0.25) is 5.91 Å². The first-order valence-electron chi connectivity index (χ1n) is 10.4. The van der Waals surface area contributed by atoms with Crippen LogP contribution in [0.25, 0.3) is 0 Å². The summed E-state index contributed by atoms with van der Waals surface area (Å²) in [5, 5.41) is 1.76. The third kappa shape index (κ3) is 4.46. The molecule has 0 unspecified atom stereocenters. The highest BCUT2D eigenvalue weighted by atomic mass is 19.4. The molecule has 168 valence electrons. The minimum absolute atomic E-state index is 0.0213.